The molecule has 228 valence electrons. The zero-order valence-corrected chi connectivity index (χ0v) is 23.4. The van der Waals surface area contributed by atoms with Gasteiger partial charge in [0.15, 0.2) is 5.75 Å². The van der Waals surface area contributed by atoms with Crippen molar-refractivity contribution in [3.63, 3.8) is 0 Å². The second kappa shape index (κ2) is 12.6. The highest BCUT2D eigenvalue weighted by atomic mass is 19.4. The summed E-state index contributed by atoms with van der Waals surface area (Å²) in [5.74, 6) is -0.573. The number of carbonyl (C=O) groups excluding carboxylic acids is 2. The molecular formula is C30H36F3N3O6. The number of halogens is 3. The van der Waals surface area contributed by atoms with Crippen LogP contribution in [-0.4, -0.2) is 66.2 Å². The summed E-state index contributed by atoms with van der Waals surface area (Å²) in [5, 5.41) is 16.8. The summed E-state index contributed by atoms with van der Waals surface area (Å²) in [4.78, 5) is 37.7. The molecule has 0 radical (unpaired) electrons. The van der Waals surface area contributed by atoms with E-state index in [1.54, 1.807) is 0 Å². The van der Waals surface area contributed by atoms with Gasteiger partial charge in [0.1, 0.15) is 6.61 Å². The zero-order valence-electron chi connectivity index (χ0n) is 23.4. The first-order valence-electron chi connectivity index (χ1n) is 14.3. The number of amides is 2. The lowest BCUT2D eigenvalue weighted by Crippen LogP contribution is -2.48. The number of aliphatic hydroxyl groups is 1. The van der Waals surface area contributed by atoms with Gasteiger partial charge in [0.05, 0.1) is 29.9 Å². The molecule has 12 heteroatoms. The van der Waals surface area contributed by atoms with Crippen LogP contribution in [0.3, 0.4) is 0 Å². The van der Waals surface area contributed by atoms with E-state index in [-0.39, 0.29) is 30.3 Å². The number of alkyl halides is 3. The molecule has 42 heavy (non-hydrogen) atoms. The monoisotopic (exact) mass is 591 g/mol. The van der Waals surface area contributed by atoms with Crippen LogP contribution in [0.1, 0.15) is 66.1 Å². The molecule has 2 fully saturated rings. The highest BCUT2D eigenvalue weighted by molar-refractivity contribution is 5.96. The molecule has 1 aliphatic carbocycles. The van der Waals surface area contributed by atoms with Crippen LogP contribution in [-0.2, 0) is 32.8 Å². The Kier molecular flexibility index (Phi) is 9.07. The van der Waals surface area contributed by atoms with Crippen LogP contribution in [0, 0.1) is 0 Å². The molecular weight excluding hydrogens is 555 g/mol. The Bertz CT molecular complexity index is 1280. The average molecular weight is 592 g/mol. The molecule has 2 aromatic carbocycles. The average Bonchev–Trinajstić information content (AvgIpc) is 3.61. The fraction of sp³-hybridized carbons (Fsp3) is 0.533. The fourth-order valence-corrected chi connectivity index (χ4v) is 5.97. The van der Waals surface area contributed by atoms with Crippen molar-refractivity contribution in [2.75, 3.05) is 26.2 Å². The van der Waals surface area contributed by atoms with Crippen molar-refractivity contribution in [2.24, 2.45) is 0 Å². The van der Waals surface area contributed by atoms with Gasteiger partial charge in [-0.2, -0.15) is 18.1 Å². The summed E-state index contributed by atoms with van der Waals surface area (Å²) in [5.41, 5.74) is -0.297. The Morgan fingerprint density at radius 2 is 1.93 bits per heavy atom. The Morgan fingerprint density at radius 1 is 1.14 bits per heavy atom. The van der Waals surface area contributed by atoms with E-state index in [0.29, 0.717) is 44.9 Å². The maximum absolute atomic E-state index is 13.0. The molecule has 9 nitrogen and oxygen atoms in total. The third-order valence-electron chi connectivity index (χ3n) is 8.30. The van der Waals surface area contributed by atoms with Gasteiger partial charge in [0.2, 0.25) is 5.91 Å². The van der Waals surface area contributed by atoms with Gasteiger partial charge >= 0.3 is 6.18 Å². The minimum Gasteiger partial charge on any atom is -0.385 e. The van der Waals surface area contributed by atoms with Gasteiger partial charge in [0.25, 0.3) is 5.91 Å². The van der Waals surface area contributed by atoms with Crippen LogP contribution in [0.15, 0.2) is 42.5 Å². The number of hydrogen-bond donors (Lipinski definition) is 3. The van der Waals surface area contributed by atoms with Crippen molar-refractivity contribution in [1.29, 1.82) is 0 Å². The third kappa shape index (κ3) is 6.88. The molecule has 2 heterocycles. The molecule has 0 spiro atoms. The van der Waals surface area contributed by atoms with E-state index >= 15 is 0 Å². The van der Waals surface area contributed by atoms with E-state index in [2.05, 4.69) is 15.5 Å². The number of benzene rings is 2. The minimum atomic E-state index is -4.57. The lowest BCUT2D eigenvalue weighted by atomic mass is 9.77. The molecule has 0 aromatic heterocycles. The van der Waals surface area contributed by atoms with E-state index in [4.69, 9.17) is 14.5 Å². The lowest BCUT2D eigenvalue weighted by molar-refractivity contribution is -0.194. The fourth-order valence-electron chi connectivity index (χ4n) is 5.97. The summed E-state index contributed by atoms with van der Waals surface area (Å²) in [7, 11) is 0. The largest absolute Gasteiger partial charge is 0.416 e. The van der Waals surface area contributed by atoms with E-state index in [1.165, 1.54) is 6.07 Å². The van der Waals surface area contributed by atoms with Crippen LogP contribution >= 0.6 is 0 Å². The van der Waals surface area contributed by atoms with Crippen molar-refractivity contribution >= 4 is 11.8 Å². The lowest BCUT2D eigenvalue weighted by Gasteiger charge is -2.40. The third-order valence-corrected chi connectivity index (χ3v) is 8.30. The standard InChI is InChI=1S/C30H36F3N3O6/c1-2-12-40-26-17-36(23-8-10-29(39,11-9-23)21-7-6-20-18-41-42-25(20)14-21)16-24(26)35-27(37)15-34-28(38)19-4-3-5-22(13-19)30(31,32)33/h3-7,13-14,23-24,26,39H,2,8-12,15-18H2,1H3,(H,34,38)(H,35,37)/t23?,24-,26-,29?/m0/s1. The second-order valence-corrected chi connectivity index (χ2v) is 11.2. The van der Waals surface area contributed by atoms with Crippen LogP contribution in [0.25, 0.3) is 0 Å². The number of nitrogens with one attached hydrogen (secondary N) is 2. The highest BCUT2D eigenvalue weighted by Crippen LogP contribution is 2.41. The SMILES string of the molecule is CCCO[C@H]1CN(C2CCC(O)(c3ccc4c(c3)OOC4)CC2)C[C@@H]1NC(=O)CNC(=O)c1cccc(C(F)(F)F)c1. The molecule has 0 bridgehead atoms. The number of likely N-dealkylation sites (tertiary alicyclic amines) is 1. The predicted molar refractivity (Wildman–Crippen MR) is 145 cm³/mol. The Morgan fingerprint density at radius 3 is 2.67 bits per heavy atom. The highest BCUT2D eigenvalue weighted by Gasteiger charge is 2.42. The summed E-state index contributed by atoms with van der Waals surface area (Å²) in [6.07, 6.45) is -1.32. The van der Waals surface area contributed by atoms with Gasteiger partial charge in [-0.25, -0.2) is 0 Å². The van der Waals surface area contributed by atoms with E-state index in [9.17, 15) is 27.9 Å². The van der Waals surface area contributed by atoms with Crippen LogP contribution in [0.4, 0.5) is 13.2 Å². The summed E-state index contributed by atoms with van der Waals surface area (Å²) in [6.45, 7) is 3.72. The Labute approximate surface area is 242 Å². The number of carbonyl (C=O) groups is 2. The van der Waals surface area contributed by atoms with Crippen molar-refractivity contribution < 1.29 is 42.4 Å². The molecule has 2 atom stereocenters. The first-order valence-corrected chi connectivity index (χ1v) is 14.3. The zero-order chi connectivity index (χ0) is 29.9. The smallest absolute Gasteiger partial charge is 0.385 e. The van der Waals surface area contributed by atoms with Crippen molar-refractivity contribution in [3.8, 4) is 5.75 Å². The maximum Gasteiger partial charge on any atom is 0.416 e. The van der Waals surface area contributed by atoms with Crippen molar-refractivity contribution in [1.82, 2.24) is 15.5 Å². The normalized spacial score (nSPS) is 26.0. The van der Waals surface area contributed by atoms with Crippen molar-refractivity contribution in [3.05, 3.63) is 64.7 Å². The van der Waals surface area contributed by atoms with Gasteiger partial charge in [-0.3, -0.25) is 14.5 Å². The molecule has 3 aliphatic rings. The molecule has 2 amide bonds. The second-order valence-electron chi connectivity index (χ2n) is 11.2. The number of fused-ring (bicyclic) bond motifs is 1. The molecule has 2 aromatic rings. The van der Waals surface area contributed by atoms with E-state index < -0.39 is 29.2 Å². The molecule has 5 rings (SSSR count). The van der Waals surface area contributed by atoms with Crippen molar-refractivity contribution in [2.45, 2.75) is 75.6 Å². The van der Waals surface area contributed by atoms with E-state index in [1.807, 2.05) is 25.1 Å². The van der Waals surface area contributed by atoms with Gasteiger partial charge in [-0.1, -0.05) is 25.1 Å². The molecule has 3 N–H and O–H groups in total. The molecule has 1 saturated carbocycles. The minimum absolute atomic E-state index is 0.174. The van der Waals surface area contributed by atoms with Crippen LogP contribution in [0.2, 0.25) is 0 Å². The molecule has 1 saturated heterocycles. The Hall–Kier alpha value is -3.19. The topological polar surface area (TPSA) is 109 Å². The van der Waals surface area contributed by atoms with Crippen LogP contribution in [0.5, 0.6) is 5.75 Å². The number of nitrogens with zero attached hydrogens (tertiary/aromatic N) is 1. The quantitative estimate of drug-likeness (QED) is 0.382. The van der Waals surface area contributed by atoms with E-state index in [0.717, 1.165) is 48.6 Å². The summed E-state index contributed by atoms with van der Waals surface area (Å²) >= 11 is 0. The first-order chi connectivity index (χ1) is 20.1. The number of rotatable bonds is 9. The van der Waals surface area contributed by atoms with Gasteiger partial charge < -0.3 is 25.4 Å². The summed E-state index contributed by atoms with van der Waals surface area (Å²) < 4.78 is 45.0. The Balaban J connectivity index is 1.15. The summed E-state index contributed by atoms with van der Waals surface area (Å²) in [6, 6.07) is 9.66. The number of hydrogen-bond acceptors (Lipinski definition) is 7. The van der Waals surface area contributed by atoms with Crippen LogP contribution < -0.4 is 15.5 Å². The molecule has 2 aliphatic heterocycles. The van der Waals surface area contributed by atoms with Gasteiger partial charge in [-0.15, -0.1) is 0 Å². The predicted octanol–water partition coefficient (Wildman–Crippen LogP) is 3.69. The number of ether oxygens (including phenoxy) is 1. The molecule has 0 unspecified atom stereocenters. The maximum atomic E-state index is 13.0. The van der Waals surface area contributed by atoms with Gasteiger partial charge in [-0.05, 0) is 61.9 Å². The first kappa shape index (κ1) is 30.3. The van der Waals surface area contributed by atoms with Gasteiger partial charge in [0, 0.05) is 36.9 Å².